The third-order valence-electron chi connectivity index (χ3n) is 3.53. The van der Waals surface area contributed by atoms with Crippen LogP contribution in [-0.2, 0) is 4.74 Å². The molecule has 0 fully saturated rings. The molecule has 6 heteroatoms. The summed E-state index contributed by atoms with van der Waals surface area (Å²) in [6, 6.07) is 4.48. The molecule has 2 rings (SSSR count). The molecule has 0 aliphatic rings. The number of benzene rings is 1. The number of hydrogen-bond donors (Lipinski definition) is 1. The van der Waals surface area contributed by atoms with E-state index in [0.717, 1.165) is 0 Å². The van der Waals surface area contributed by atoms with Gasteiger partial charge in [0.1, 0.15) is 11.5 Å². The highest BCUT2D eigenvalue weighted by molar-refractivity contribution is 9.10. The smallest absolute Gasteiger partial charge is 0.355 e. The minimum atomic E-state index is -0.483. The molecule has 0 aliphatic heterocycles. The molecule has 1 aromatic carbocycles. The molecule has 0 amide bonds. The fourth-order valence-electron chi connectivity index (χ4n) is 2.40. The molecular formula is C18H17BrFNO3. The van der Waals surface area contributed by atoms with Crippen LogP contribution in [-0.4, -0.2) is 23.3 Å². The van der Waals surface area contributed by atoms with Crippen LogP contribution in [0.1, 0.15) is 44.6 Å². The third kappa shape index (κ3) is 3.82. The predicted octanol–water partition coefficient (Wildman–Crippen LogP) is 4.61. The van der Waals surface area contributed by atoms with E-state index >= 15 is 0 Å². The average Bonchev–Trinajstić information content (AvgIpc) is 2.83. The number of carbonyl (C=O) groups is 2. The Bertz CT molecular complexity index is 824. The van der Waals surface area contributed by atoms with Gasteiger partial charge in [0.25, 0.3) is 0 Å². The van der Waals surface area contributed by atoms with Gasteiger partial charge in [-0.2, -0.15) is 0 Å². The molecule has 0 spiro atoms. The number of halogens is 2. The maximum absolute atomic E-state index is 13.2. The summed E-state index contributed by atoms with van der Waals surface area (Å²) in [5, 5.41) is 0. The average molecular weight is 394 g/mol. The van der Waals surface area contributed by atoms with Gasteiger partial charge in [0.15, 0.2) is 5.78 Å². The van der Waals surface area contributed by atoms with Gasteiger partial charge in [0, 0.05) is 11.3 Å². The Morgan fingerprint density at radius 1 is 1.33 bits per heavy atom. The van der Waals surface area contributed by atoms with Crippen LogP contribution in [0.2, 0.25) is 0 Å². The maximum Gasteiger partial charge on any atom is 0.355 e. The van der Waals surface area contributed by atoms with Crippen molar-refractivity contribution in [2.45, 2.75) is 20.8 Å². The second-order valence-corrected chi connectivity index (χ2v) is 6.07. The Morgan fingerprint density at radius 2 is 2.04 bits per heavy atom. The van der Waals surface area contributed by atoms with Crippen molar-refractivity contribution in [3.05, 3.63) is 62.6 Å². The second-order valence-electron chi connectivity index (χ2n) is 5.22. The number of ketones is 1. The summed E-state index contributed by atoms with van der Waals surface area (Å²) in [6.07, 6.45) is 3.00. The quantitative estimate of drug-likeness (QED) is 0.458. The van der Waals surface area contributed by atoms with Gasteiger partial charge >= 0.3 is 5.97 Å². The lowest BCUT2D eigenvalue weighted by molar-refractivity contribution is 0.0519. The molecule has 24 heavy (non-hydrogen) atoms. The lowest BCUT2D eigenvalue weighted by atomic mass is 10.0. The first-order valence-corrected chi connectivity index (χ1v) is 8.18. The Kier molecular flexibility index (Phi) is 5.72. The number of aromatic nitrogens is 1. The molecular weight excluding hydrogens is 377 g/mol. The zero-order valence-electron chi connectivity index (χ0n) is 13.6. The number of allylic oxidation sites excluding steroid dienone is 1. The van der Waals surface area contributed by atoms with E-state index in [1.54, 1.807) is 39.0 Å². The van der Waals surface area contributed by atoms with E-state index in [9.17, 15) is 14.0 Å². The predicted molar refractivity (Wildman–Crippen MR) is 93.7 cm³/mol. The van der Waals surface area contributed by atoms with Gasteiger partial charge in [0.2, 0.25) is 0 Å². The number of esters is 1. The highest BCUT2D eigenvalue weighted by Gasteiger charge is 2.21. The summed E-state index contributed by atoms with van der Waals surface area (Å²) in [7, 11) is 0. The normalized spacial score (nSPS) is 11.0. The van der Waals surface area contributed by atoms with Crippen LogP contribution in [0.4, 0.5) is 4.39 Å². The molecule has 0 bridgehead atoms. The minimum absolute atomic E-state index is 0.239. The fraction of sp³-hybridized carbons (Fsp3) is 0.222. The summed E-state index contributed by atoms with van der Waals surface area (Å²) in [5.74, 6) is -1.09. The minimum Gasteiger partial charge on any atom is -0.461 e. The molecule has 1 N–H and O–H groups in total. The van der Waals surface area contributed by atoms with E-state index < -0.39 is 5.97 Å². The monoisotopic (exact) mass is 393 g/mol. The summed E-state index contributed by atoms with van der Waals surface area (Å²) < 4.78 is 18.5. The summed E-state index contributed by atoms with van der Waals surface area (Å²) in [5.41, 5.74) is 2.57. The van der Waals surface area contributed by atoms with Crippen molar-refractivity contribution in [3.63, 3.8) is 0 Å². The van der Waals surface area contributed by atoms with Gasteiger partial charge < -0.3 is 9.72 Å². The van der Waals surface area contributed by atoms with Gasteiger partial charge in [-0.1, -0.05) is 12.1 Å². The summed E-state index contributed by atoms with van der Waals surface area (Å²) in [4.78, 5) is 27.2. The standard InChI is InChI=1S/C18H17BrFNO3/c1-4-24-18(23)17-10(2)16(11(3)21-17)15(22)8-6-12-5-7-14(20)13(19)9-12/h5-9,21H,4H2,1-3H3/b8-6+. The van der Waals surface area contributed by atoms with Crippen molar-refractivity contribution in [2.24, 2.45) is 0 Å². The van der Waals surface area contributed by atoms with E-state index in [4.69, 9.17) is 4.74 Å². The Hall–Kier alpha value is -2.21. The molecule has 0 unspecified atom stereocenters. The Morgan fingerprint density at radius 3 is 2.67 bits per heavy atom. The molecule has 0 saturated carbocycles. The summed E-state index contributed by atoms with van der Waals surface area (Å²) in [6.45, 7) is 5.41. The van der Waals surface area contributed by atoms with Gasteiger partial charge in [-0.3, -0.25) is 4.79 Å². The van der Waals surface area contributed by atoms with Crippen LogP contribution < -0.4 is 0 Å². The van der Waals surface area contributed by atoms with Gasteiger partial charge in [-0.25, -0.2) is 9.18 Å². The number of ether oxygens (including phenoxy) is 1. The van der Waals surface area contributed by atoms with Crippen LogP contribution in [0.15, 0.2) is 28.7 Å². The third-order valence-corrected chi connectivity index (χ3v) is 4.14. The van der Waals surface area contributed by atoms with Gasteiger partial charge in [-0.05, 0) is 66.0 Å². The second kappa shape index (κ2) is 7.57. The topological polar surface area (TPSA) is 59.2 Å². The molecule has 0 aliphatic carbocycles. The molecule has 1 aromatic heterocycles. The van der Waals surface area contributed by atoms with Crippen LogP contribution >= 0.6 is 15.9 Å². The SMILES string of the molecule is CCOC(=O)c1[nH]c(C)c(C(=O)/C=C/c2ccc(F)c(Br)c2)c1C. The number of aromatic amines is 1. The first-order valence-electron chi connectivity index (χ1n) is 7.38. The van der Waals surface area contributed by atoms with Crippen molar-refractivity contribution in [1.82, 2.24) is 4.98 Å². The number of nitrogens with one attached hydrogen (secondary N) is 1. The largest absolute Gasteiger partial charge is 0.461 e. The van der Waals surface area contributed by atoms with E-state index in [2.05, 4.69) is 20.9 Å². The Labute approximate surface area is 147 Å². The van der Waals surface area contributed by atoms with Gasteiger partial charge in [-0.15, -0.1) is 0 Å². The summed E-state index contributed by atoms with van der Waals surface area (Å²) >= 11 is 3.10. The van der Waals surface area contributed by atoms with Crippen molar-refractivity contribution in [3.8, 4) is 0 Å². The van der Waals surface area contributed by atoms with Gasteiger partial charge in [0.05, 0.1) is 11.1 Å². The number of rotatable bonds is 5. The molecule has 1 heterocycles. The van der Waals surface area contributed by atoms with Crippen molar-refractivity contribution in [2.75, 3.05) is 6.61 Å². The number of aryl methyl sites for hydroxylation is 1. The fourth-order valence-corrected chi connectivity index (χ4v) is 2.79. The van der Waals surface area contributed by atoms with Crippen molar-refractivity contribution in [1.29, 1.82) is 0 Å². The van der Waals surface area contributed by atoms with E-state index in [-0.39, 0.29) is 23.9 Å². The Balaban J connectivity index is 2.28. The molecule has 4 nitrogen and oxygen atoms in total. The molecule has 126 valence electrons. The first kappa shape index (κ1) is 18.1. The van der Waals surface area contributed by atoms with Crippen LogP contribution in [0.25, 0.3) is 6.08 Å². The molecule has 2 aromatic rings. The molecule has 0 atom stereocenters. The van der Waals surface area contributed by atoms with Crippen molar-refractivity contribution < 1.29 is 18.7 Å². The zero-order valence-corrected chi connectivity index (χ0v) is 15.2. The zero-order chi connectivity index (χ0) is 17.9. The number of carbonyl (C=O) groups excluding carboxylic acids is 2. The van der Waals surface area contributed by atoms with E-state index in [0.29, 0.717) is 26.9 Å². The van der Waals surface area contributed by atoms with Crippen molar-refractivity contribution >= 4 is 33.8 Å². The highest BCUT2D eigenvalue weighted by Crippen LogP contribution is 2.21. The molecule has 0 radical (unpaired) electrons. The first-order chi connectivity index (χ1) is 11.3. The lowest BCUT2D eigenvalue weighted by Gasteiger charge is -2.01. The maximum atomic E-state index is 13.2. The van der Waals surface area contributed by atoms with E-state index in [1.165, 1.54) is 12.1 Å². The van der Waals surface area contributed by atoms with Crippen LogP contribution in [0.5, 0.6) is 0 Å². The van der Waals surface area contributed by atoms with E-state index in [1.807, 2.05) is 0 Å². The highest BCUT2D eigenvalue weighted by atomic mass is 79.9. The van der Waals surface area contributed by atoms with Crippen LogP contribution in [0.3, 0.4) is 0 Å². The molecule has 0 saturated heterocycles. The lowest BCUT2D eigenvalue weighted by Crippen LogP contribution is -2.07. The number of H-pyrrole nitrogens is 1. The number of hydrogen-bond acceptors (Lipinski definition) is 3. The van der Waals surface area contributed by atoms with Crippen LogP contribution in [0, 0.1) is 19.7 Å².